The van der Waals surface area contributed by atoms with Gasteiger partial charge in [-0.15, -0.1) is 23.1 Å². The molecule has 0 radical (unpaired) electrons. The van der Waals surface area contributed by atoms with Crippen molar-refractivity contribution >= 4 is 49.1 Å². The molecular weight excluding hydrogens is 268 g/mol. The van der Waals surface area contributed by atoms with Crippen LogP contribution < -0.4 is 0 Å². The molecule has 0 saturated carbocycles. The van der Waals surface area contributed by atoms with E-state index < -0.39 is 0 Å². The Morgan fingerprint density at radius 3 is 2.92 bits per heavy atom. The minimum atomic E-state index is 0.378. The molecule has 0 aliphatic rings. The maximum Gasteiger partial charge on any atom is 0.134 e. The average Bonchev–Trinajstić information content (AvgIpc) is 2.46. The van der Waals surface area contributed by atoms with E-state index in [1.807, 2.05) is 18.4 Å². The lowest BCUT2D eigenvalue weighted by atomic mass is 10.2. The second kappa shape index (κ2) is 3.52. The van der Waals surface area contributed by atoms with Gasteiger partial charge in [0.2, 0.25) is 0 Å². The SMILES string of the molecule is CSc1cc2c(O)csc2cc1Br. The van der Waals surface area contributed by atoms with Crippen molar-refractivity contribution in [3.8, 4) is 5.75 Å². The van der Waals surface area contributed by atoms with Gasteiger partial charge in [-0.2, -0.15) is 0 Å². The molecule has 1 aromatic carbocycles. The molecule has 1 N–H and O–H groups in total. The van der Waals surface area contributed by atoms with Crippen LogP contribution in [0.4, 0.5) is 0 Å². The number of fused-ring (bicyclic) bond motifs is 1. The zero-order valence-corrected chi connectivity index (χ0v) is 10.1. The molecule has 0 aliphatic carbocycles. The number of hydrogen-bond acceptors (Lipinski definition) is 3. The molecule has 0 aliphatic heterocycles. The van der Waals surface area contributed by atoms with E-state index >= 15 is 0 Å². The van der Waals surface area contributed by atoms with Crippen molar-refractivity contribution in [2.24, 2.45) is 0 Å². The van der Waals surface area contributed by atoms with Gasteiger partial charge in [0.15, 0.2) is 0 Å². The lowest BCUT2D eigenvalue weighted by Gasteiger charge is -2.00. The van der Waals surface area contributed by atoms with Crippen LogP contribution in [0.1, 0.15) is 0 Å². The fraction of sp³-hybridized carbons (Fsp3) is 0.111. The van der Waals surface area contributed by atoms with Gasteiger partial charge in [-0.25, -0.2) is 0 Å². The molecule has 1 heterocycles. The third kappa shape index (κ3) is 1.58. The fourth-order valence-corrected chi connectivity index (χ4v) is 3.48. The highest BCUT2D eigenvalue weighted by Crippen LogP contribution is 2.37. The molecule has 1 aromatic heterocycles. The van der Waals surface area contributed by atoms with E-state index in [4.69, 9.17) is 0 Å². The van der Waals surface area contributed by atoms with Gasteiger partial charge in [-0.05, 0) is 34.3 Å². The average molecular weight is 275 g/mol. The second-order valence-corrected chi connectivity index (χ2v) is 5.22. The van der Waals surface area contributed by atoms with Crippen LogP contribution in [0.2, 0.25) is 0 Å². The number of aromatic hydroxyl groups is 1. The Balaban J connectivity index is 2.77. The second-order valence-electron chi connectivity index (χ2n) is 2.60. The maximum atomic E-state index is 9.51. The van der Waals surface area contributed by atoms with Crippen molar-refractivity contribution in [3.05, 3.63) is 22.0 Å². The molecule has 4 heteroatoms. The summed E-state index contributed by atoms with van der Waals surface area (Å²) < 4.78 is 2.21. The van der Waals surface area contributed by atoms with E-state index in [-0.39, 0.29) is 0 Å². The number of halogens is 1. The Hall–Kier alpha value is -0.190. The summed E-state index contributed by atoms with van der Waals surface area (Å²) in [4.78, 5) is 1.15. The number of thioether (sulfide) groups is 1. The highest BCUT2D eigenvalue weighted by Gasteiger charge is 2.06. The van der Waals surface area contributed by atoms with Crippen LogP contribution in [0.3, 0.4) is 0 Å². The van der Waals surface area contributed by atoms with Crippen molar-refractivity contribution in [2.75, 3.05) is 6.26 Å². The predicted molar refractivity (Wildman–Crippen MR) is 63.0 cm³/mol. The van der Waals surface area contributed by atoms with Gasteiger partial charge in [-0.3, -0.25) is 0 Å². The summed E-state index contributed by atoms with van der Waals surface area (Å²) in [5, 5.41) is 12.2. The van der Waals surface area contributed by atoms with Gasteiger partial charge in [0.25, 0.3) is 0 Å². The zero-order valence-electron chi connectivity index (χ0n) is 6.87. The standard InChI is InChI=1S/C9H7BrOS2/c1-12-9-2-5-7(11)4-13-8(5)3-6(9)10/h2-4,11H,1H3. The number of hydrogen-bond donors (Lipinski definition) is 1. The number of thiophene rings is 1. The largest absolute Gasteiger partial charge is 0.506 e. The Labute approximate surface area is 92.9 Å². The van der Waals surface area contributed by atoms with E-state index in [0.29, 0.717) is 5.75 Å². The van der Waals surface area contributed by atoms with E-state index in [1.165, 1.54) is 0 Å². The molecule has 0 amide bonds. The Bertz CT molecular complexity index is 450. The van der Waals surface area contributed by atoms with Gasteiger partial charge in [0.05, 0.1) is 0 Å². The van der Waals surface area contributed by atoms with Crippen molar-refractivity contribution in [1.82, 2.24) is 0 Å². The molecule has 2 rings (SSSR count). The molecule has 0 saturated heterocycles. The molecule has 0 unspecified atom stereocenters. The molecule has 1 nitrogen and oxygen atoms in total. The van der Waals surface area contributed by atoms with Crippen LogP contribution in [0, 0.1) is 0 Å². The Kier molecular flexibility index (Phi) is 2.53. The van der Waals surface area contributed by atoms with Gasteiger partial charge >= 0.3 is 0 Å². The van der Waals surface area contributed by atoms with Crippen LogP contribution in [0.5, 0.6) is 5.75 Å². The van der Waals surface area contributed by atoms with Gasteiger partial charge < -0.3 is 5.11 Å². The summed E-state index contributed by atoms with van der Waals surface area (Å²) in [6, 6.07) is 4.06. The third-order valence-electron chi connectivity index (χ3n) is 1.83. The van der Waals surface area contributed by atoms with E-state index in [1.54, 1.807) is 28.5 Å². The quantitative estimate of drug-likeness (QED) is 0.791. The van der Waals surface area contributed by atoms with Crippen LogP contribution in [-0.2, 0) is 0 Å². The smallest absolute Gasteiger partial charge is 0.134 e. The minimum Gasteiger partial charge on any atom is -0.506 e. The van der Waals surface area contributed by atoms with Crippen molar-refractivity contribution in [3.63, 3.8) is 0 Å². The Morgan fingerprint density at radius 1 is 1.46 bits per heavy atom. The van der Waals surface area contributed by atoms with E-state index in [0.717, 1.165) is 19.5 Å². The first-order valence-corrected chi connectivity index (χ1v) is 6.56. The fourth-order valence-electron chi connectivity index (χ4n) is 1.17. The first-order chi connectivity index (χ1) is 6.22. The first-order valence-electron chi connectivity index (χ1n) is 3.66. The molecule has 68 valence electrons. The van der Waals surface area contributed by atoms with Crippen molar-refractivity contribution < 1.29 is 5.11 Å². The summed E-state index contributed by atoms with van der Waals surface area (Å²) in [5.41, 5.74) is 0. The van der Waals surface area contributed by atoms with Crippen LogP contribution >= 0.6 is 39.0 Å². The molecule has 2 aromatic rings. The monoisotopic (exact) mass is 274 g/mol. The lowest BCUT2D eigenvalue weighted by molar-refractivity contribution is 0.483. The minimum absolute atomic E-state index is 0.378. The van der Waals surface area contributed by atoms with Gasteiger partial charge in [-0.1, -0.05) is 0 Å². The normalized spacial score (nSPS) is 10.9. The van der Waals surface area contributed by atoms with Crippen LogP contribution in [-0.4, -0.2) is 11.4 Å². The van der Waals surface area contributed by atoms with Crippen LogP contribution in [0.15, 0.2) is 26.9 Å². The van der Waals surface area contributed by atoms with Crippen LogP contribution in [0.25, 0.3) is 10.1 Å². The summed E-state index contributed by atoms with van der Waals surface area (Å²) in [6.45, 7) is 0. The highest BCUT2D eigenvalue weighted by atomic mass is 79.9. The van der Waals surface area contributed by atoms with Crippen molar-refractivity contribution in [1.29, 1.82) is 0 Å². The van der Waals surface area contributed by atoms with Crippen molar-refractivity contribution in [2.45, 2.75) is 4.90 Å². The van der Waals surface area contributed by atoms with E-state index in [9.17, 15) is 5.11 Å². The molecule has 13 heavy (non-hydrogen) atoms. The molecule has 0 fully saturated rings. The first kappa shape index (κ1) is 9.37. The summed E-state index contributed by atoms with van der Waals surface area (Å²) >= 11 is 6.72. The van der Waals surface area contributed by atoms with Gasteiger partial charge in [0.1, 0.15) is 5.75 Å². The summed E-state index contributed by atoms with van der Waals surface area (Å²) in [7, 11) is 0. The maximum absolute atomic E-state index is 9.51. The number of rotatable bonds is 1. The zero-order chi connectivity index (χ0) is 9.42. The van der Waals surface area contributed by atoms with Gasteiger partial charge in [0, 0.05) is 24.8 Å². The number of benzene rings is 1. The molecular formula is C9H7BrOS2. The summed E-state index contributed by atoms with van der Waals surface area (Å²) in [5.74, 6) is 0.378. The van der Waals surface area contributed by atoms with E-state index in [2.05, 4.69) is 15.9 Å². The summed E-state index contributed by atoms with van der Waals surface area (Å²) in [6.07, 6.45) is 2.02. The molecule has 0 atom stereocenters. The Morgan fingerprint density at radius 2 is 2.23 bits per heavy atom. The topological polar surface area (TPSA) is 20.2 Å². The lowest BCUT2D eigenvalue weighted by Crippen LogP contribution is -1.73. The predicted octanol–water partition coefficient (Wildman–Crippen LogP) is 4.09. The third-order valence-corrected chi connectivity index (χ3v) is 4.46. The molecule has 0 spiro atoms. The molecule has 0 bridgehead atoms. The highest BCUT2D eigenvalue weighted by molar-refractivity contribution is 9.10.